The molecule has 0 saturated heterocycles. The number of nitrogens with one attached hydrogen (secondary N) is 1. The van der Waals surface area contributed by atoms with Crippen molar-refractivity contribution in [3.05, 3.63) is 28.3 Å². The minimum Gasteiger partial charge on any atom is -0.317 e. The maximum atomic E-state index is 10.3. The lowest BCUT2D eigenvalue weighted by molar-refractivity contribution is -0.385. The molecular weight excluding hydrogens is 184 g/mol. The lowest BCUT2D eigenvalue weighted by atomic mass is 10.2. The molecule has 0 amide bonds. The van der Waals surface area contributed by atoms with Crippen LogP contribution in [0.3, 0.4) is 0 Å². The van der Waals surface area contributed by atoms with Crippen LogP contribution in [0.15, 0.2) is 12.4 Å². The van der Waals surface area contributed by atoms with Crippen LogP contribution >= 0.6 is 0 Å². The number of likely N-dealkylation sites (N-methyl/N-ethyl adjacent to an activating group) is 1. The highest BCUT2D eigenvalue weighted by Crippen LogP contribution is 2.06. The van der Waals surface area contributed by atoms with Crippen molar-refractivity contribution in [1.82, 2.24) is 15.3 Å². The topological polar surface area (TPSA) is 81.0 Å². The number of aromatic nitrogens is 2. The molecule has 0 saturated carbocycles. The van der Waals surface area contributed by atoms with Crippen LogP contribution in [0.5, 0.6) is 0 Å². The first kappa shape index (κ1) is 10.5. The maximum Gasteiger partial charge on any atom is 0.305 e. The monoisotopic (exact) mass is 196 g/mol. The Labute approximate surface area is 81.5 Å². The molecule has 1 N–H and O–H groups in total. The zero-order chi connectivity index (χ0) is 10.6. The Balaban J connectivity index is 2.68. The average Bonchev–Trinajstić information content (AvgIpc) is 2.18. The highest BCUT2D eigenvalue weighted by atomic mass is 16.6. The largest absolute Gasteiger partial charge is 0.317 e. The summed E-state index contributed by atoms with van der Waals surface area (Å²) in [6, 6.07) is 0.261. The third kappa shape index (κ3) is 2.74. The number of hydrogen-bond donors (Lipinski definition) is 1. The summed E-state index contributed by atoms with van der Waals surface area (Å²) >= 11 is 0. The van der Waals surface area contributed by atoms with Gasteiger partial charge in [0.1, 0.15) is 18.2 Å². The smallest absolute Gasteiger partial charge is 0.305 e. The van der Waals surface area contributed by atoms with Crippen LogP contribution in [-0.4, -0.2) is 28.0 Å². The van der Waals surface area contributed by atoms with E-state index in [1.54, 1.807) is 0 Å². The Bertz CT molecular complexity index is 312. The second kappa shape index (κ2) is 4.61. The number of rotatable bonds is 4. The van der Waals surface area contributed by atoms with Gasteiger partial charge in [0, 0.05) is 12.5 Å². The maximum absolute atomic E-state index is 10.3. The van der Waals surface area contributed by atoms with Gasteiger partial charge in [0.2, 0.25) is 0 Å². The molecule has 0 aliphatic rings. The fourth-order valence-electron chi connectivity index (χ4n) is 0.924. The Morgan fingerprint density at radius 3 is 2.57 bits per heavy atom. The molecule has 1 heterocycles. The van der Waals surface area contributed by atoms with Crippen molar-refractivity contribution in [3.63, 3.8) is 0 Å². The molecule has 1 rings (SSSR count). The van der Waals surface area contributed by atoms with E-state index >= 15 is 0 Å². The van der Waals surface area contributed by atoms with E-state index in [1.165, 1.54) is 12.4 Å². The highest BCUT2D eigenvalue weighted by Gasteiger charge is 2.08. The standard InChI is InChI=1S/C8H12N4O2/c1-6(9-2)3-8-10-4-7(5-11-8)12(13)14/h4-6,9H,3H2,1-2H3. The van der Waals surface area contributed by atoms with Gasteiger partial charge >= 0.3 is 5.69 Å². The summed E-state index contributed by atoms with van der Waals surface area (Å²) in [5.41, 5.74) is -0.0779. The molecular formula is C8H12N4O2. The normalized spacial score (nSPS) is 12.4. The van der Waals surface area contributed by atoms with Crippen LogP contribution in [-0.2, 0) is 6.42 Å². The Morgan fingerprint density at radius 1 is 1.57 bits per heavy atom. The molecule has 0 aliphatic heterocycles. The van der Waals surface area contributed by atoms with Crippen molar-refractivity contribution in [3.8, 4) is 0 Å². The minimum atomic E-state index is -0.509. The molecule has 6 heteroatoms. The first-order valence-electron chi connectivity index (χ1n) is 4.26. The molecule has 0 radical (unpaired) electrons. The van der Waals surface area contributed by atoms with Crippen molar-refractivity contribution in [1.29, 1.82) is 0 Å². The second-order valence-corrected chi connectivity index (χ2v) is 3.01. The van der Waals surface area contributed by atoms with E-state index in [0.29, 0.717) is 12.2 Å². The van der Waals surface area contributed by atoms with E-state index in [4.69, 9.17) is 0 Å². The van der Waals surface area contributed by atoms with E-state index in [2.05, 4.69) is 15.3 Å². The molecule has 1 aromatic heterocycles. The summed E-state index contributed by atoms with van der Waals surface area (Å²) < 4.78 is 0. The summed E-state index contributed by atoms with van der Waals surface area (Å²) in [4.78, 5) is 17.6. The van der Waals surface area contributed by atoms with Crippen LogP contribution in [0.4, 0.5) is 5.69 Å². The third-order valence-electron chi connectivity index (χ3n) is 1.88. The van der Waals surface area contributed by atoms with Gasteiger partial charge in [-0.1, -0.05) is 0 Å². The summed E-state index contributed by atoms with van der Waals surface area (Å²) in [6.07, 6.45) is 3.12. The third-order valence-corrected chi connectivity index (χ3v) is 1.88. The van der Waals surface area contributed by atoms with Crippen molar-refractivity contribution in [2.45, 2.75) is 19.4 Å². The summed E-state index contributed by atoms with van der Waals surface area (Å²) in [5.74, 6) is 0.609. The first-order chi connectivity index (χ1) is 6.63. The van der Waals surface area contributed by atoms with Crippen LogP contribution < -0.4 is 5.32 Å². The van der Waals surface area contributed by atoms with E-state index in [-0.39, 0.29) is 11.7 Å². The summed E-state index contributed by atoms with van der Waals surface area (Å²) in [5, 5.41) is 13.3. The van der Waals surface area contributed by atoms with Crippen LogP contribution in [0, 0.1) is 10.1 Å². The van der Waals surface area contributed by atoms with Gasteiger partial charge in [0.05, 0.1) is 4.92 Å². The summed E-state index contributed by atoms with van der Waals surface area (Å²) in [7, 11) is 1.84. The van der Waals surface area contributed by atoms with Crippen molar-refractivity contribution in [2.75, 3.05) is 7.05 Å². The minimum absolute atomic E-state index is 0.0779. The molecule has 6 nitrogen and oxygen atoms in total. The molecule has 1 atom stereocenters. The molecule has 0 spiro atoms. The Kier molecular flexibility index (Phi) is 3.47. The highest BCUT2D eigenvalue weighted by molar-refractivity contribution is 5.20. The number of nitrogens with zero attached hydrogens (tertiary/aromatic N) is 3. The number of nitro groups is 1. The molecule has 0 aliphatic carbocycles. The van der Waals surface area contributed by atoms with Gasteiger partial charge < -0.3 is 5.32 Å². The molecule has 76 valence electrons. The first-order valence-corrected chi connectivity index (χ1v) is 4.26. The van der Waals surface area contributed by atoms with E-state index in [0.717, 1.165) is 0 Å². The van der Waals surface area contributed by atoms with Crippen molar-refractivity contribution in [2.24, 2.45) is 0 Å². The predicted molar refractivity (Wildman–Crippen MR) is 50.9 cm³/mol. The van der Waals surface area contributed by atoms with E-state index in [9.17, 15) is 10.1 Å². The molecule has 0 aromatic carbocycles. The predicted octanol–water partition coefficient (Wildman–Crippen LogP) is 0.535. The van der Waals surface area contributed by atoms with Gasteiger partial charge in [-0.25, -0.2) is 9.97 Å². The SMILES string of the molecule is CNC(C)Cc1ncc([N+](=O)[O-])cn1. The van der Waals surface area contributed by atoms with Gasteiger partial charge in [-0.05, 0) is 14.0 Å². The zero-order valence-corrected chi connectivity index (χ0v) is 8.10. The quantitative estimate of drug-likeness (QED) is 0.561. The number of hydrogen-bond acceptors (Lipinski definition) is 5. The van der Waals surface area contributed by atoms with Crippen molar-refractivity contribution >= 4 is 5.69 Å². The van der Waals surface area contributed by atoms with Crippen LogP contribution in [0.2, 0.25) is 0 Å². The Morgan fingerprint density at radius 2 is 2.14 bits per heavy atom. The van der Waals surface area contributed by atoms with Gasteiger partial charge in [-0.2, -0.15) is 0 Å². The van der Waals surface area contributed by atoms with Gasteiger partial charge in [-0.15, -0.1) is 0 Å². The molecule has 1 unspecified atom stereocenters. The Hall–Kier alpha value is -1.56. The molecule has 0 bridgehead atoms. The molecule has 1 aromatic rings. The average molecular weight is 196 g/mol. The van der Waals surface area contributed by atoms with Gasteiger partial charge in [-0.3, -0.25) is 10.1 Å². The zero-order valence-electron chi connectivity index (χ0n) is 8.10. The fourth-order valence-corrected chi connectivity index (χ4v) is 0.924. The van der Waals surface area contributed by atoms with Crippen molar-refractivity contribution < 1.29 is 4.92 Å². The van der Waals surface area contributed by atoms with E-state index < -0.39 is 4.92 Å². The molecule has 14 heavy (non-hydrogen) atoms. The van der Waals surface area contributed by atoms with Crippen LogP contribution in [0.25, 0.3) is 0 Å². The fraction of sp³-hybridized carbons (Fsp3) is 0.500. The van der Waals surface area contributed by atoms with E-state index in [1.807, 2.05) is 14.0 Å². The van der Waals surface area contributed by atoms with Gasteiger partial charge in [0.25, 0.3) is 0 Å². The second-order valence-electron chi connectivity index (χ2n) is 3.01. The lowest BCUT2D eigenvalue weighted by Gasteiger charge is -2.07. The van der Waals surface area contributed by atoms with Gasteiger partial charge in [0.15, 0.2) is 0 Å². The molecule has 0 fully saturated rings. The summed E-state index contributed by atoms with van der Waals surface area (Å²) in [6.45, 7) is 1.99. The van der Waals surface area contributed by atoms with Crippen LogP contribution in [0.1, 0.15) is 12.7 Å². The lowest BCUT2D eigenvalue weighted by Crippen LogP contribution is -2.24.